The van der Waals surface area contributed by atoms with Gasteiger partial charge in [-0.2, -0.15) is 9.49 Å². The number of thiophene rings is 1. The molecule has 0 radical (unpaired) electrons. The Bertz CT molecular complexity index is 1920. The van der Waals surface area contributed by atoms with E-state index in [4.69, 9.17) is 4.98 Å². The number of hydrogen-bond acceptors (Lipinski definition) is 6. The number of hydrogen-bond donors (Lipinski definition) is 3. The summed E-state index contributed by atoms with van der Waals surface area (Å²) in [6.45, 7) is 1.49. The van der Waals surface area contributed by atoms with Gasteiger partial charge in [-0.25, -0.2) is 4.98 Å². The van der Waals surface area contributed by atoms with Crippen molar-refractivity contribution in [1.82, 2.24) is 35.5 Å². The summed E-state index contributed by atoms with van der Waals surface area (Å²) < 4.78 is 13.7. The van der Waals surface area contributed by atoms with E-state index >= 15 is 0 Å². The van der Waals surface area contributed by atoms with Crippen LogP contribution in [0, 0.1) is 5.13 Å². The molecular formula is C30H22FN7S. The quantitative estimate of drug-likeness (QED) is 0.212. The molecule has 190 valence electrons. The summed E-state index contributed by atoms with van der Waals surface area (Å²) in [5.41, 5.74) is 8.81. The highest BCUT2D eigenvalue weighted by molar-refractivity contribution is 7.13. The molecule has 7 rings (SSSR count). The number of halogens is 1. The Morgan fingerprint density at radius 1 is 0.846 bits per heavy atom. The highest BCUT2D eigenvalue weighted by Gasteiger charge is 2.17. The standard InChI is InChI=1S/C30H22FN7S/c31-27-9-8-26(39-27)28-21-13-25(35-23(21)10-11-34-28)30-29-24(37-38-30)7-6-22(36-29)20-12-19(16-33-17-20)15-32-14-18-4-2-1-3-5-18/h1-13,16-17,32,35H,14-15H2,(H,37,38). The van der Waals surface area contributed by atoms with Crippen LogP contribution in [-0.4, -0.2) is 30.1 Å². The van der Waals surface area contributed by atoms with E-state index in [0.29, 0.717) is 12.2 Å². The number of aromatic nitrogens is 6. The molecule has 7 nitrogen and oxygen atoms in total. The average molecular weight is 532 g/mol. The van der Waals surface area contributed by atoms with Crippen molar-refractivity contribution in [1.29, 1.82) is 0 Å². The molecule has 0 aliphatic carbocycles. The van der Waals surface area contributed by atoms with E-state index in [1.807, 2.05) is 54.9 Å². The number of H-pyrrole nitrogens is 2. The van der Waals surface area contributed by atoms with Gasteiger partial charge in [0.1, 0.15) is 11.2 Å². The topological polar surface area (TPSA) is 95.2 Å². The van der Waals surface area contributed by atoms with Gasteiger partial charge in [-0.3, -0.25) is 15.1 Å². The molecule has 0 spiro atoms. The molecule has 3 N–H and O–H groups in total. The minimum atomic E-state index is -0.236. The molecular weight excluding hydrogens is 509 g/mol. The molecule has 0 aliphatic heterocycles. The highest BCUT2D eigenvalue weighted by atomic mass is 32.1. The Hall–Kier alpha value is -4.73. The summed E-state index contributed by atoms with van der Waals surface area (Å²) in [6, 6.07) is 23.5. The fraction of sp³-hybridized carbons (Fsp3) is 0.0667. The van der Waals surface area contributed by atoms with E-state index in [0.717, 1.165) is 72.9 Å². The van der Waals surface area contributed by atoms with Crippen molar-refractivity contribution < 1.29 is 4.39 Å². The Morgan fingerprint density at radius 2 is 1.74 bits per heavy atom. The third kappa shape index (κ3) is 4.58. The van der Waals surface area contributed by atoms with Crippen LogP contribution >= 0.6 is 11.3 Å². The fourth-order valence-corrected chi connectivity index (χ4v) is 5.48. The van der Waals surface area contributed by atoms with Gasteiger partial charge in [0.05, 0.1) is 27.5 Å². The average Bonchev–Trinajstić information content (AvgIpc) is 3.71. The van der Waals surface area contributed by atoms with Crippen LogP contribution in [0.3, 0.4) is 0 Å². The number of rotatable bonds is 7. The molecule has 0 fully saturated rings. The predicted octanol–water partition coefficient (Wildman–Crippen LogP) is 6.72. The molecule has 9 heteroatoms. The highest BCUT2D eigenvalue weighted by Crippen LogP contribution is 2.35. The maximum Gasteiger partial charge on any atom is 0.177 e. The SMILES string of the molecule is Fc1ccc(-c2nccc3[nH]c(-c4n[nH]c5ccc(-c6cncc(CNCc7ccccc7)c6)nc45)cc23)s1. The van der Waals surface area contributed by atoms with Crippen molar-refractivity contribution in [3.63, 3.8) is 0 Å². The Labute approximate surface area is 226 Å². The third-order valence-corrected chi connectivity index (χ3v) is 7.49. The molecule has 1 aromatic carbocycles. The lowest BCUT2D eigenvalue weighted by atomic mass is 10.1. The summed E-state index contributed by atoms with van der Waals surface area (Å²) in [7, 11) is 0. The smallest absolute Gasteiger partial charge is 0.177 e. The van der Waals surface area contributed by atoms with Gasteiger partial charge in [0.25, 0.3) is 0 Å². The van der Waals surface area contributed by atoms with Crippen molar-refractivity contribution in [2.24, 2.45) is 0 Å². The van der Waals surface area contributed by atoms with E-state index in [2.05, 4.69) is 48.7 Å². The molecule has 6 aromatic heterocycles. The van der Waals surface area contributed by atoms with Gasteiger partial charge in [-0.1, -0.05) is 30.3 Å². The van der Waals surface area contributed by atoms with Gasteiger partial charge >= 0.3 is 0 Å². The van der Waals surface area contributed by atoms with E-state index in [1.165, 1.54) is 11.6 Å². The zero-order chi connectivity index (χ0) is 26.2. The zero-order valence-corrected chi connectivity index (χ0v) is 21.5. The van der Waals surface area contributed by atoms with E-state index in [1.54, 1.807) is 12.3 Å². The molecule has 0 saturated carbocycles. The van der Waals surface area contributed by atoms with Crippen LogP contribution < -0.4 is 5.32 Å². The van der Waals surface area contributed by atoms with Gasteiger partial charge in [0.15, 0.2) is 5.13 Å². The van der Waals surface area contributed by atoms with E-state index < -0.39 is 0 Å². The Balaban J connectivity index is 1.20. The van der Waals surface area contributed by atoms with Crippen LogP contribution in [0.1, 0.15) is 11.1 Å². The monoisotopic (exact) mass is 531 g/mol. The van der Waals surface area contributed by atoms with Crippen molar-refractivity contribution in [2.75, 3.05) is 0 Å². The van der Waals surface area contributed by atoms with Crippen LogP contribution in [0.2, 0.25) is 0 Å². The molecule has 6 heterocycles. The number of aromatic amines is 2. The van der Waals surface area contributed by atoms with Gasteiger partial charge in [-0.05, 0) is 53.6 Å². The fourth-order valence-electron chi connectivity index (χ4n) is 4.74. The van der Waals surface area contributed by atoms with Gasteiger partial charge in [0, 0.05) is 48.1 Å². The molecule has 0 atom stereocenters. The lowest BCUT2D eigenvalue weighted by molar-refractivity contribution is 0.657. The number of fused-ring (bicyclic) bond motifs is 2. The first-order chi connectivity index (χ1) is 19.2. The first-order valence-corrected chi connectivity index (χ1v) is 13.3. The first kappa shape index (κ1) is 23.4. The molecule has 0 unspecified atom stereocenters. The lowest BCUT2D eigenvalue weighted by Gasteiger charge is -2.07. The normalized spacial score (nSPS) is 11.5. The summed E-state index contributed by atoms with van der Waals surface area (Å²) in [6.07, 6.45) is 5.43. The molecule has 39 heavy (non-hydrogen) atoms. The van der Waals surface area contributed by atoms with Gasteiger partial charge < -0.3 is 10.3 Å². The zero-order valence-electron chi connectivity index (χ0n) is 20.6. The lowest BCUT2D eigenvalue weighted by Crippen LogP contribution is -2.12. The number of benzene rings is 1. The summed E-state index contributed by atoms with van der Waals surface area (Å²) in [5, 5.41) is 11.8. The van der Waals surface area contributed by atoms with Gasteiger partial charge in [-0.15, -0.1) is 11.3 Å². The summed E-state index contributed by atoms with van der Waals surface area (Å²) in [4.78, 5) is 18.2. The minimum absolute atomic E-state index is 0.236. The van der Waals surface area contributed by atoms with Crippen LogP contribution in [0.15, 0.2) is 91.4 Å². The predicted molar refractivity (Wildman–Crippen MR) is 152 cm³/mol. The first-order valence-electron chi connectivity index (χ1n) is 12.5. The third-order valence-electron chi connectivity index (χ3n) is 6.61. The maximum absolute atomic E-state index is 13.7. The van der Waals surface area contributed by atoms with Crippen molar-refractivity contribution in [3.8, 4) is 33.2 Å². The minimum Gasteiger partial charge on any atom is -0.353 e. The number of nitrogens with one attached hydrogen (secondary N) is 3. The second kappa shape index (κ2) is 9.86. The summed E-state index contributed by atoms with van der Waals surface area (Å²) >= 11 is 1.08. The largest absolute Gasteiger partial charge is 0.353 e. The van der Waals surface area contributed by atoms with Crippen molar-refractivity contribution in [2.45, 2.75) is 13.1 Å². The Kier molecular flexibility index (Phi) is 5.92. The Morgan fingerprint density at radius 3 is 2.62 bits per heavy atom. The molecule has 0 saturated heterocycles. The molecule has 0 amide bonds. The summed E-state index contributed by atoms with van der Waals surface area (Å²) in [5.74, 6) is 0. The van der Waals surface area contributed by atoms with Crippen LogP contribution in [0.4, 0.5) is 4.39 Å². The van der Waals surface area contributed by atoms with Crippen molar-refractivity contribution in [3.05, 3.63) is 108 Å². The van der Waals surface area contributed by atoms with E-state index in [9.17, 15) is 4.39 Å². The van der Waals surface area contributed by atoms with Crippen LogP contribution in [0.5, 0.6) is 0 Å². The van der Waals surface area contributed by atoms with Crippen molar-refractivity contribution >= 4 is 33.3 Å². The second-order valence-corrected chi connectivity index (χ2v) is 10.3. The molecule has 0 aliphatic rings. The number of nitrogens with zero attached hydrogens (tertiary/aromatic N) is 4. The van der Waals surface area contributed by atoms with Crippen LogP contribution in [0.25, 0.3) is 55.2 Å². The number of pyridine rings is 3. The van der Waals surface area contributed by atoms with E-state index in [-0.39, 0.29) is 5.13 Å². The molecule has 7 aromatic rings. The second-order valence-electron chi connectivity index (χ2n) is 9.24. The molecule has 0 bridgehead atoms. The van der Waals surface area contributed by atoms with Crippen LogP contribution in [-0.2, 0) is 13.1 Å². The van der Waals surface area contributed by atoms with Gasteiger partial charge in [0.2, 0.25) is 0 Å². The maximum atomic E-state index is 13.7.